The van der Waals surface area contributed by atoms with Crippen LogP contribution >= 0.6 is 0 Å². The molecule has 0 aliphatic heterocycles. The maximum absolute atomic E-state index is 5.46. The summed E-state index contributed by atoms with van der Waals surface area (Å²) in [6.45, 7) is 0. The van der Waals surface area contributed by atoms with Crippen LogP contribution in [0.15, 0.2) is 212 Å². The number of para-hydroxylation sites is 2. The largest absolute Gasteiger partial charge is 0.308 e. The highest BCUT2D eigenvalue weighted by Gasteiger charge is 2.23. The van der Waals surface area contributed by atoms with Gasteiger partial charge in [-0.05, 0) is 53.4 Å². The van der Waals surface area contributed by atoms with Gasteiger partial charge in [0.2, 0.25) is 0 Å². The minimum atomic E-state index is 0.662. The number of benzene rings is 8. The fourth-order valence-corrected chi connectivity index (χ4v) is 9.67. The van der Waals surface area contributed by atoms with Crippen LogP contribution in [0.25, 0.3) is 122 Å². The van der Waals surface area contributed by atoms with Crippen molar-refractivity contribution in [1.29, 1.82) is 0 Å². The SMILES string of the molecule is c1ccc(-c2cc(-c3cc4c5ccccc5n5c6ccccc6c(c3)c45)nc(-c3cccc(-c4c(-c5ccccc5)nn5c(-c6ccccc6)cc6ccccc6c45)c3)n2)cc1. The van der Waals surface area contributed by atoms with Crippen molar-refractivity contribution in [2.24, 2.45) is 0 Å². The van der Waals surface area contributed by atoms with Crippen LogP contribution in [0.4, 0.5) is 0 Å². The topological polar surface area (TPSA) is 47.5 Å². The molecule has 0 radical (unpaired) electrons. The summed E-state index contributed by atoms with van der Waals surface area (Å²) in [6, 6.07) is 75.3. The lowest BCUT2D eigenvalue weighted by Gasteiger charge is -2.12. The van der Waals surface area contributed by atoms with Gasteiger partial charge in [-0.2, -0.15) is 5.10 Å². The number of rotatable bonds is 6. The minimum absolute atomic E-state index is 0.662. The Bertz CT molecular complexity index is 3760. The van der Waals surface area contributed by atoms with E-state index < -0.39 is 0 Å². The summed E-state index contributed by atoms with van der Waals surface area (Å²) in [4.78, 5) is 10.8. The van der Waals surface area contributed by atoms with E-state index in [2.05, 4.69) is 215 Å². The van der Waals surface area contributed by atoms with Gasteiger partial charge in [0.1, 0.15) is 5.69 Å². The minimum Gasteiger partial charge on any atom is -0.308 e. The van der Waals surface area contributed by atoms with Crippen LogP contribution in [0.5, 0.6) is 0 Å². The molecule has 0 saturated carbocycles. The molecule has 13 rings (SSSR count). The second-order valence-corrected chi connectivity index (χ2v) is 16.0. The number of nitrogens with zero attached hydrogens (tertiary/aromatic N) is 5. The van der Waals surface area contributed by atoms with Gasteiger partial charge >= 0.3 is 0 Å². The van der Waals surface area contributed by atoms with Gasteiger partial charge in [0.05, 0.1) is 39.1 Å². The van der Waals surface area contributed by atoms with E-state index in [1.807, 2.05) is 6.07 Å². The van der Waals surface area contributed by atoms with E-state index in [0.717, 1.165) is 78.0 Å². The Morgan fingerprint density at radius 2 is 0.871 bits per heavy atom. The Labute approximate surface area is 356 Å². The lowest BCUT2D eigenvalue weighted by atomic mass is 9.95. The Morgan fingerprint density at radius 1 is 0.339 bits per heavy atom. The van der Waals surface area contributed by atoms with Crippen molar-refractivity contribution in [3.63, 3.8) is 0 Å². The van der Waals surface area contributed by atoms with Crippen molar-refractivity contribution in [1.82, 2.24) is 24.0 Å². The fraction of sp³-hybridized carbons (Fsp3) is 0. The predicted molar refractivity (Wildman–Crippen MR) is 256 cm³/mol. The Hall–Kier alpha value is -8.41. The summed E-state index contributed by atoms with van der Waals surface area (Å²) < 4.78 is 4.56. The molecule has 0 unspecified atom stereocenters. The fourth-order valence-electron chi connectivity index (χ4n) is 9.67. The maximum Gasteiger partial charge on any atom is 0.160 e. The summed E-state index contributed by atoms with van der Waals surface area (Å²) in [6.07, 6.45) is 0. The number of aromatic nitrogens is 5. The molecule has 0 bridgehead atoms. The van der Waals surface area contributed by atoms with Gasteiger partial charge in [-0.3, -0.25) is 0 Å². The summed E-state index contributed by atoms with van der Waals surface area (Å²) in [5, 5.41) is 12.7. The van der Waals surface area contributed by atoms with Crippen molar-refractivity contribution in [3.05, 3.63) is 212 Å². The molecule has 0 N–H and O–H groups in total. The molecular formula is C57H35N5. The third kappa shape index (κ3) is 5.25. The van der Waals surface area contributed by atoms with Crippen LogP contribution in [-0.2, 0) is 0 Å². The predicted octanol–water partition coefficient (Wildman–Crippen LogP) is 14.4. The molecule has 5 nitrogen and oxygen atoms in total. The first-order chi connectivity index (χ1) is 30.7. The number of pyridine rings is 1. The summed E-state index contributed by atoms with van der Waals surface area (Å²) in [7, 11) is 0. The van der Waals surface area contributed by atoms with Crippen molar-refractivity contribution in [3.8, 4) is 67.5 Å². The second kappa shape index (κ2) is 13.6. The molecule has 62 heavy (non-hydrogen) atoms. The highest BCUT2D eigenvalue weighted by Crippen LogP contribution is 2.44. The van der Waals surface area contributed by atoms with Gasteiger partial charge in [0.15, 0.2) is 5.82 Å². The molecule has 0 saturated heterocycles. The van der Waals surface area contributed by atoms with Crippen molar-refractivity contribution in [2.75, 3.05) is 0 Å². The molecular weight excluding hydrogens is 755 g/mol. The van der Waals surface area contributed by atoms with Gasteiger partial charge in [-0.25, -0.2) is 14.5 Å². The molecule has 5 heteroatoms. The van der Waals surface area contributed by atoms with Gasteiger partial charge in [-0.15, -0.1) is 0 Å². The van der Waals surface area contributed by atoms with E-state index >= 15 is 0 Å². The zero-order valence-corrected chi connectivity index (χ0v) is 33.4. The van der Waals surface area contributed by atoms with Crippen LogP contribution in [0.2, 0.25) is 0 Å². The highest BCUT2D eigenvalue weighted by atomic mass is 15.2. The van der Waals surface area contributed by atoms with E-state index in [0.29, 0.717) is 5.82 Å². The third-order valence-electron chi connectivity index (χ3n) is 12.4. The number of hydrogen-bond acceptors (Lipinski definition) is 3. The molecule has 0 fully saturated rings. The smallest absolute Gasteiger partial charge is 0.160 e. The normalized spacial score (nSPS) is 11.9. The van der Waals surface area contributed by atoms with Gasteiger partial charge < -0.3 is 4.40 Å². The molecule has 0 aliphatic rings. The van der Waals surface area contributed by atoms with E-state index in [-0.39, 0.29) is 0 Å². The second-order valence-electron chi connectivity index (χ2n) is 16.0. The number of hydrogen-bond donors (Lipinski definition) is 0. The van der Waals surface area contributed by atoms with Gasteiger partial charge in [0.25, 0.3) is 0 Å². The van der Waals surface area contributed by atoms with Gasteiger partial charge in [-0.1, -0.05) is 170 Å². The van der Waals surface area contributed by atoms with Crippen LogP contribution < -0.4 is 0 Å². The van der Waals surface area contributed by atoms with Crippen LogP contribution in [0.3, 0.4) is 0 Å². The number of fused-ring (bicyclic) bond motifs is 9. The molecule has 13 aromatic rings. The molecule has 0 aliphatic carbocycles. The maximum atomic E-state index is 5.46. The molecule has 0 amide bonds. The Kier molecular flexibility index (Phi) is 7.54. The molecule has 5 aromatic heterocycles. The standard InChI is InChI=1S/C57H35N5/c1-4-17-36(18-5-1)48-35-49(42-32-46-44-27-12-14-29-50(44)61-51-30-15-13-28-45(51)47(33-42)55(46)61)59-57(58-48)41-25-16-24-40(31-41)53-54(38-21-8-3-9-22-38)60-62-52(37-19-6-2-7-20-37)34-39-23-10-11-26-43(39)56(53)62/h1-35H. The van der Waals surface area contributed by atoms with Crippen molar-refractivity contribution >= 4 is 54.4 Å². The third-order valence-corrected chi connectivity index (χ3v) is 12.4. The van der Waals surface area contributed by atoms with Crippen molar-refractivity contribution < 1.29 is 0 Å². The highest BCUT2D eigenvalue weighted by molar-refractivity contribution is 6.24. The Balaban J connectivity index is 1.06. The zero-order chi connectivity index (χ0) is 40.7. The first-order valence-electron chi connectivity index (χ1n) is 21.0. The lowest BCUT2D eigenvalue weighted by Crippen LogP contribution is -1.96. The summed E-state index contributed by atoms with van der Waals surface area (Å²) in [5.74, 6) is 0.662. The van der Waals surface area contributed by atoms with Crippen LogP contribution in [0, 0.1) is 0 Å². The average Bonchev–Trinajstić information content (AvgIpc) is 4.03. The van der Waals surface area contributed by atoms with Crippen LogP contribution in [0.1, 0.15) is 0 Å². The first-order valence-corrected chi connectivity index (χ1v) is 21.0. The average molecular weight is 790 g/mol. The Morgan fingerprint density at radius 3 is 1.55 bits per heavy atom. The van der Waals surface area contributed by atoms with E-state index in [4.69, 9.17) is 15.1 Å². The van der Waals surface area contributed by atoms with E-state index in [1.165, 1.54) is 38.1 Å². The first kappa shape index (κ1) is 34.5. The molecule has 0 spiro atoms. The quantitative estimate of drug-likeness (QED) is 0.169. The molecule has 288 valence electrons. The van der Waals surface area contributed by atoms with E-state index in [9.17, 15) is 0 Å². The van der Waals surface area contributed by atoms with Gasteiger partial charge in [0, 0.05) is 60.3 Å². The summed E-state index contributed by atoms with van der Waals surface area (Å²) >= 11 is 0. The lowest BCUT2D eigenvalue weighted by molar-refractivity contribution is 0.979. The van der Waals surface area contributed by atoms with Crippen molar-refractivity contribution in [2.45, 2.75) is 0 Å². The van der Waals surface area contributed by atoms with Crippen LogP contribution in [-0.4, -0.2) is 24.0 Å². The zero-order valence-electron chi connectivity index (χ0n) is 33.4. The molecule has 8 aromatic carbocycles. The van der Waals surface area contributed by atoms with E-state index in [1.54, 1.807) is 0 Å². The monoisotopic (exact) mass is 789 g/mol. The molecule has 5 heterocycles. The summed E-state index contributed by atoms with van der Waals surface area (Å²) in [5.41, 5.74) is 15.7. The molecule has 0 atom stereocenters.